The summed E-state index contributed by atoms with van der Waals surface area (Å²) in [6.07, 6.45) is -2.49. The highest BCUT2D eigenvalue weighted by Gasteiger charge is 2.31. The maximum absolute atomic E-state index is 12.9. The molecule has 4 aromatic rings. The monoisotopic (exact) mass is 580 g/mol. The van der Waals surface area contributed by atoms with Crippen LogP contribution in [0.1, 0.15) is 50.2 Å². The van der Waals surface area contributed by atoms with Crippen LogP contribution in [-0.2, 0) is 17.8 Å². The molecular weight excluding hydrogens is 545 g/mol. The highest BCUT2D eigenvalue weighted by atomic mass is 19.4. The summed E-state index contributed by atoms with van der Waals surface area (Å²) in [4.78, 5) is 24.5. The molecule has 3 atom stereocenters. The van der Waals surface area contributed by atoms with Gasteiger partial charge < -0.3 is 24.8 Å². The van der Waals surface area contributed by atoms with Crippen LogP contribution in [0.15, 0.2) is 66.9 Å². The number of fused-ring (bicyclic) bond motifs is 1. The van der Waals surface area contributed by atoms with Crippen molar-refractivity contribution in [2.24, 2.45) is 0 Å². The molecule has 0 bridgehead atoms. The summed E-state index contributed by atoms with van der Waals surface area (Å²) in [5.74, 6) is 0.288. The topological polar surface area (TPSA) is 84.3 Å². The zero-order valence-electron chi connectivity index (χ0n) is 23.9. The number of aryl methyl sites for hydroxylation is 1. The van der Waals surface area contributed by atoms with E-state index in [9.17, 15) is 18.0 Å². The average Bonchev–Trinajstić information content (AvgIpc) is 3.29. The van der Waals surface area contributed by atoms with E-state index in [1.54, 1.807) is 24.4 Å². The Morgan fingerprint density at radius 2 is 1.76 bits per heavy atom. The molecule has 0 unspecified atom stereocenters. The molecule has 0 saturated carbocycles. The van der Waals surface area contributed by atoms with E-state index in [1.165, 1.54) is 17.8 Å². The second-order valence-electron chi connectivity index (χ2n) is 10.9. The second kappa shape index (κ2) is 12.4. The van der Waals surface area contributed by atoms with Gasteiger partial charge in [-0.3, -0.25) is 4.79 Å². The number of rotatable bonds is 9. The number of carbonyl (C=O) groups is 1. The van der Waals surface area contributed by atoms with E-state index in [1.807, 2.05) is 17.6 Å². The smallest absolute Gasteiger partial charge is 0.406 e. The average molecular weight is 581 g/mol. The normalized spacial score (nSPS) is 18.2. The minimum atomic E-state index is -4.75. The van der Waals surface area contributed by atoms with Crippen LogP contribution in [0, 0.1) is 0 Å². The number of alkyl halides is 3. The van der Waals surface area contributed by atoms with E-state index in [0.717, 1.165) is 24.2 Å². The van der Waals surface area contributed by atoms with Crippen molar-refractivity contribution < 1.29 is 22.7 Å². The van der Waals surface area contributed by atoms with Crippen LogP contribution >= 0.6 is 0 Å². The molecular formula is C31H35F3N6O2. The van der Waals surface area contributed by atoms with Gasteiger partial charge in [0.05, 0.1) is 12.6 Å². The lowest BCUT2D eigenvalue weighted by atomic mass is 10.1. The molecule has 2 N–H and O–H groups in total. The molecule has 42 heavy (non-hydrogen) atoms. The van der Waals surface area contributed by atoms with Crippen LogP contribution in [0.2, 0.25) is 0 Å². The van der Waals surface area contributed by atoms with Crippen molar-refractivity contribution in [1.29, 1.82) is 0 Å². The van der Waals surface area contributed by atoms with Gasteiger partial charge in [0.2, 0.25) is 5.91 Å². The minimum absolute atomic E-state index is 0.100. The molecule has 0 spiro atoms. The number of ether oxygens (including phenoxy) is 1. The summed E-state index contributed by atoms with van der Waals surface area (Å²) in [5.41, 5.74) is 4.28. The Balaban J connectivity index is 1.21. The second-order valence-corrected chi connectivity index (χ2v) is 10.9. The Bertz CT molecular complexity index is 1490. The Labute approximate surface area is 242 Å². The molecule has 1 fully saturated rings. The largest absolute Gasteiger partial charge is 0.573 e. The molecule has 8 nitrogen and oxygen atoms in total. The number of carbonyl (C=O) groups excluding carboxylic acids is 1. The van der Waals surface area contributed by atoms with Gasteiger partial charge in [0.25, 0.3) is 0 Å². The van der Waals surface area contributed by atoms with E-state index >= 15 is 0 Å². The first-order valence-electron chi connectivity index (χ1n) is 14.1. The Morgan fingerprint density at radius 3 is 2.43 bits per heavy atom. The standard InChI is InChI=1S/C31H35F3N6O2/c1-20-17-39(18-21(2)36-20)25-10-8-24(9-11-25)22(3)37-29(41)15-14-28-38-27-5-4-16-35-30(27)40(28)19-23-6-12-26(13-7-23)42-31(32,33)34/h4-13,16,20-22,36H,14-15,17-19H2,1-3H3,(H,37,41)/t20-,21+,22-/m0/s1. The first kappa shape index (κ1) is 29.4. The highest BCUT2D eigenvalue weighted by molar-refractivity contribution is 5.77. The van der Waals surface area contributed by atoms with Crippen LogP contribution in [0.25, 0.3) is 11.2 Å². The summed E-state index contributed by atoms with van der Waals surface area (Å²) in [6.45, 7) is 8.59. The zero-order valence-corrected chi connectivity index (χ0v) is 23.9. The number of nitrogens with zero attached hydrogens (tertiary/aromatic N) is 4. The van der Waals surface area contributed by atoms with E-state index in [0.29, 0.717) is 42.0 Å². The lowest BCUT2D eigenvalue weighted by molar-refractivity contribution is -0.274. The number of aromatic nitrogens is 3. The number of hydrogen-bond donors (Lipinski definition) is 2. The van der Waals surface area contributed by atoms with Crippen molar-refractivity contribution in [3.05, 3.63) is 83.8 Å². The van der Waals surface area contributed by atoms with Crippen LogP contribution in [0.5, 0.6) is 5.75 Å². The molecule has 2 aromatic heterocycles. The number of halogens is 3. The Hall–Kier alpha value is -4.12. The van der Waals surface area contributed by atoms with Crippen LogP contribution < -0.4 is 20.3 Å². The maximum Gasteiger partial charge on any atom is 0.573 e. The molecule has 0 aliphatic carbocycles. The number of piperazine rings is 1. The minimum Gasteiger partial charge on any atom is -0.406 e. The molecule has 222 valence electrons. The number of hydrogen-bond acceptors (Lipinski definition) is 6. The van der Waals surface area contributed by atoms with Gasteiger partial charge in [-0.2, -0.15) is 0 Å². The maximum atomic E-state index is 12.9. The summed E-state index contributed by atoms with van der Waals surface area (Å²) in [5, 5.41) is 6.63. The van der Waals surface area contributed by atoms with E-state index < -0.39 is 6.36 Å². The summed E-state index contributed by atoms with van der Waals surface area (Å²) in [7, 11) is 0. The predicted octanol–water partition coefficient (Wildman–Crippen LogP) is 5.37. The fraction of sp³-hybridized carbons (Fsp3) is 0.387. The SMILES string of the molecule is C[C@@H]1CN(c2ccc([C@H](C)NC(=O)CCc3nc4cccnc4n3Cc3ccc(OC(F)(F)F)cc3)cc2)C[C@H](C)N1. The molecule has 1 aliphatic rings. The first-order chi connectivity index (χ1) is 20.0. The van der Waals surface area contributed by atoms with E-state index in [2.05, 4.69) is 68.4 Å². The fourth-order valence-corrected chi connectivity index (χ4v) is 5.48. The number of pyridine rings is 1. The number of imidazole rings is 1. The number of benzene rings is 2. The van der Waals surface area contributed by atoms with Crippen molar-refractivity contribution in [3.8, 4) is 5.75 Å². The van der Waals surface area contributed by atoms with Crippen LogP contribution in [0.4, 0.5) is 18.9 Å². The number of nitrogens with one attached hydrogen (secondary N) is 2. The van der Waals surface area contributed by atoms with Gasteiger partial charge in [-0.15, -0.1) is 13.2 Å². The van der Waals surface area contributed by atoms with E-state index in [-0.39, 0.29) is 24.1 Å². The van der Waals surface area contributed by atoms with Gasteiger partial charge in [0.15, 0.2) is 5.65 Å². The molecule has 1 amide bonds. The number of amides is 1. The van der Waals surface area contributed by atoms with Crippen molar-refractivity contribution in [1.82, 2.24) is 25.2 Å². The van der Waals surface area contributed by atoms with Gasteiger partial charge in [0.1, 0.15) is 17.1 Å². The molecule has 0 radical (unpaired) electrons. The molecule has 1 saturated heterocycles. The Kier molecular flexibility index (Phi) is 8.67. The van der Waals surface area contributed by atoms with Gasteiger partial charge in [0, 0.05) is 49.9 Å². The van der Waals surface area contributed by atoms with Gasteiger partial charge >= 0.3 is 6.36 Å². The number of anilines is 1. The molecule has 2 aromatic carbocycles. The molecule has 1 aliphatic heterocycles. The zero-order chi connectivity index (χ0) is 29.9. The fourth-order valence-electron chi connectivity index (χ4n) is 5.48. The quantitative estimate of drug-likeness (QED) is 0.277. The van der Waals surface area contributed by atoms with Crippen molar-refractivity contribution >= 4 is 22.8 Å². The summed E-state index contributed by atoms with van der Waals surface area (Å²) in [6, 6.07) is 18.4. The van der Waals surface area contributed by atoms with Crippen molar-refractivity contribution in [3.63, 3.8) is 0 Å². The Morgan fingerprint density at radius 1 is 1.07 bits per heavy atom. The lowest BCUT2D eigenvalue weighted by Crippen LogP contribution is -2.54. The molecule has 5 rings (SSSR count). The van der Waals surface area contributed by atoms with E-state index in [4.69, 9.17) is 0 Å². The third-order valence-electron chi connectivity index (χ3n) is 7.35. The molecule has 11 heteroatoms. The van der Waals surface area contributed by atoms with Gasteiger partial charge in [-0.25, -0.2) is 9.97 Å². The third kappa shape index (κ3) is 7.39. The van der Waals surface area contributed by atoms with Crippen molar-refractivity contribution in [2.75, 3.05) is 18.0 Å². The van der Waals surface area contributed by atoms with Crippen LogP contribution in [-0.4, -0.2) is 52.0 Å². The summed E-state index contributed by atoms with van der Waals surface area (Å²) >= 11 is 0. The van der Waals surface area contributed by atoms with Crippen molar-refractivity contribution in [2.45, 2.75) is 64.6 Å². The predicted molar refractivity (Wildman–Crippen MR) is 155 cm³/mol. The van der Waals surface area contributed by atoms with Gasteiger partial charge in [-0.1, -0.05) is 24.3 Å². The summed E-state index contributed by atoms with van der Waals surface area (Å²) < 4.78 is 43.5. The van der Waals surface area contributed by atoms with Crippen LogP contribution in [0.3, 0.4) is 0 Å². The molecule has 3 heterocycles. The third-order valence-corrected chi connectivity index (χ3v) is 7.35. The van der Waals surface area contributed by atoms with Gasteiger partial charge in [-0.05, 0) is 68.3 Å². The lowest BCUT2D eigenvalue weighted by Gasteiger charge is -2.37. The highest BCUT2D eigenvalue weighted by Crippen LogP contribution is 2.25. The first-order valence-corrected chi connectivity index (χ1v) is 14.1.